The van der Waals surface area contributed by atoms with Crippen LogP contribution in [-0.2, 0) is 14.4 Å². The third-order valence-corrected chi connectivity index (χ3v) is 6.64. The fourth-order valence-corrected chi connectivity index (χ4v) is 4.50. The van der Waals surface area contributed by atoms with Gasteiger partial charge in [0.05, 0.1) is 6.61 Å². The summed E-state index contributed by atoms with van der Waals surface area (Å²) in [4.78, 5) is 38.6. The number of hydrogen-bond donors (Lipinski definition) is 2. The Morgan fingerprint density at radius 3 is 2.45 bits per heavy atom. The molecule has 1 aliphatic carbocycles. The number of likely N-dealkylation sites (tertiary alicyclic amines) is 1. The molecule has 3 atom stereocenters. The maximum atomic E-state index is 14.3. The van der Waals surface area contributed by atoms with Gasteiger partial charge in [0.2, 0.25) is 11.8 Å². The van der Waals surface area contributed by atoms with E-state index in [9.17, 15) is 37.1 Å². The van der Waals surface area contributed by atoms with Gasteiger partial charge >= 0.3 is 12.6 Å². The molecule has 1 aliphatic heterocycles. The van der Waals surface area contributed by atoms with E-state index in [1.54, 1.807) is 6.07 Å². The molecule has 2 amide bonds. The van der Waals surface area contributed by atoms with Gasteiger partial charge in [-0.2, -0.15) is 8.78 Å². The van der Waals surface area contributed by atoms with E-state index < -0.39 is 59.6 Å². The molecule has 2 aliphatic rings. The number of nitrogens with zero attached hydrogens (tertiary/aromatic N) is 1. The van der Waals surface area contributed by atoms with Crippen LogP contribution >= 0.6 is 0 Å². The number of nitrogens with one attached hydrogen (secondary N) is 1. The third kappa shape index (κ3) is 6.35. The average Bonchev–Trinajstić information content (AvgIpc) is 3.56. The number of hydrogen-bond acceptors (Lipinski definition) is 5. The molecule has 1 saturated heterocycles. The van der Waals surface area contributed by atoms with Crippen LogP contribution in [0.1, 0.15) is 49.3 Å². The van der Waals surface area contributed by atoms with Crippen molar-refractivity contribution in [3.8, 4) is 11.5 Å². The maximum Gasteiger partial charge on any atom is 0.387 e. The number of ether oxygens (including phenoxy) is 2. The van der Waals surface area contributed by atoms with Crippen molar-refractivity contribution in [3.05, 3.63) is 59.2 Å². The van der Waals surface area contributed by atoms with Gasteiger partial charge in [0.1, 0.15) is 17.7 Å². The van der Waals surface area contributed by atoms with Crippen molar-refractivity contribution < 1.29 is 46.5 Å². The first-order chi connectivity index (χ1) is 18.0. The van der Waals surface area contributed by atoms with Crippen LogP contribution in [0.5, 0.6) is 11.5 Å². The Bertz CT molecular complexity index is 1220. The third-order valence-electron chi connectivity index (χ3n) is 6.64. The summed E-state index contributed by atoms with van der Waals surface area (Å²) < 4.78 is 63.6. The highest BCUT2D eigenvalue weighted by Crippen LogP contribution is 2.39. The molecule has 2 aromatic rings. The zero-order valence-electron chi connectivity index (χ0n) is 20.3. The number of benzene rings is 2. The molecule has 0 aromatic heterocycles. The standard InChI is InChI=1S/C26H26F4N2O6/c1-13(33)32-11-16(15-4-7-21(38-26(29)30)22(9-15)37-12-14-2-3-14)8-20(32)24(34)31-23(25(35)36)18-6-5-17(27)10-19(18)28/h4-7,9-10,14,16,20,23,26H,2-3,8,11-12H2,1H3,(H,31,34)(H,35,36)/t16?,20-,23?/m1/s1. The van der Waals surface area contributed by atoms with Crippen molar-refractivity contribution in [2.24, 2.45) is 5.92 Å². The molecule has 38 heavy (non-hydrogen) atoms. The Kier molecular flexibility index (Phi) is 8.08. The second-order valence-electron chi connectivity index (χ2n) is 9.40. The normalized spacial score (nSPS) is 19.8. The van der Waals surface area contributed by atoms with Crippen molar-refractivity contribution in [3.63, 3.8) is 0 Å². The lowest BCUT2D eigenvalue weighted by Gasteiger charge is -2.24. The smallest absolute Gasteiger partial charge is 0.387 e. The second-order valence-corrected chi connectivity index (χ2v) is 9.40. The molecule has 2 aromatic carbocycles. The monoisotopic (exact) mass is 538 g/mol. The van der Waals surface area contributed by atoms with Gasteiger partial charge in [0.25, 0.3) is 0 Å². The van der Waals surface area contributed by atoms with Crippen LogP contribution in [0.15, 0.2) is 36.4 Å². The molecule has 0 radical (unpaired) electrons. The number of aliphatic carboxylic acids is 1. The van der Waals surface area contributed by atoms with Gasteiger partial charge in [-0.1, -0.05) is 12.1 Å². The summed E-state index contributed by atoms with van der Waals surface area (Å²) in [5, 5.41) is 11.8. The number of carboxylic acid groups (broad SMARTS) is 1. The van der Waals surface area contributed by atoms with Crippen molar-refractivity contribution in [2.45, 2.75) is 50.8 Å². The lowest BCUT2D eigenvalue weighted by molar-refractivity contribution is -0.143. The molecular formula is C26H26F4N2O6. The van der Waals surface area contributed by atoms with E-state index in [0.29, 0.717) is 24.2 Å². The first-order valence-electron chi connectivity index (χ1n) is 12.0. The number of carbonyl (C=O) groups excluding carboxylic acids is 2. The van der Waals surface area contributed by atoms with E-state index in [1.807, 2.05) is 0 Å². The lowest BCUT2D eigenvalue weighted by atomic mass is 9.95. The molecule has 2 fully saturated rings. The molecule has 1 heterocycles. The van der Waals surface area contributed by atoms with Gasteiger partial charge in [-0.3, -0.25) is 9.59 Å². The van der Waals surface area contributed by atoms with Gasteiger partial charge < -0.3 is 24.8 Å². The summed E-state index contributed by atoms with van der Waals surface area (Å²) in [7, 11) is 0. The summed E-state index contributed by atoms with van der Waals surface area (Å²) in [5.74, 6) is -4.98. The molecule has 2 unspecified atom stereocenters. The van der Waals surface area contributed by atoms with Crippen molar-refractivity contribution in [1.29, 1.82) is 0 Å². The summed E-state index contributed by atoms with van der Waals surface area (Å²) in [6.07, 6.45) is 2.05. The van der Waals surface area contributed by atoms with E-state index in [1.165, 1.54) is 24.0 Å². The molecule has 8 nitrogen and oxygen atoms in total. The molecule has 204 valence electrons. The largest absolute Gasteiger partial charge is 0.489 e. The number of amides is 2. The van der Waals surface area contributed by atoms with E-state index in [2.05, 4.69) is 10.1 Å². The minimum atomic E-state index is -3.05. The Hall–Kier alpha value is -3.83. The number of halogens is 4. The zero-order valence-corrected chi connectivity index (χ0v) is 20.3. The topological polar surface area (TPSA) is 105 Å². The summed E-state index contributed by atoms with van der Waals surface area (Å²) >= 11 is 0. The molecular weight excluding hydrogens is 512 g/mol. The molecule has 12 heteroatoms. The summed E-state index contributed by atoms with van der Waals surface area (Å²) in [6, 6.07) is 3.83. The van der Waals surface area contributed by atoms with Crippen LogP contribution in [0.3, 0.4) is 0 Å². The number of carbonyl (C=O) groups is 3. The van der Waals surface area contributed by atoms with E-state index in [4.69, 9.17) is 4.74 Å². The highest BCUT2D eigenvalue weighted by molar-refractivity contribution is 5.91. The molecule has 0 spiro atoms. The van der Waals surface area contributed by atoms with Crippen LogP contribution in [0.2, 0.25) is 0 Å². The maximum absolute atomic E-state index is 14.3. The van der Waals surface area contributed by atoms with Gasteiger partial charge in [-0.05, 0) is 48.9 Å². The number of alkyl halides is 2. The van der Waals surface area contributed by atoms with Crippen LogP contribution < -0.4 is 14.8 Å². The van der Waals surface area contributed by atoms with Crippen LogP contribution in [0.4, 0.5) is 17.6 Å². The van der Waals surface area contributed by atoms with Gasteiger partial charge in [-0.25, -0.2) is 13.6 Å². The lowest BCUT2D eigenvalue weighted by Crippen LogP contribution is -2.47. The molecule has 0 bridgehead atoms. The second kappa shape index (κ2) is 11.3. The predicted octanol–water partition coefficient (Wildman–Crippen LogP) is 4.00. The number of rotatable bonds is 10. The van der Waals surface area contributed by atoms with E-state index in [-0.39, 0.29) is 24.5 Å². The van der Waals surface area contributed by atoms with Crippen LogP contribution in [-0.4, -0.2) is 53.6 Å². The SMILES string of the molecule is CC(=O)N1CC(c2ccc(OC(F)F)c(OCC3CC3)c2)C[C@@H]1C(=O)NC(C(=O)O)c1ccc(F)cc1F. The average molecular weight is 538 g/mol. The fourth-order valence-electron chi connectivity index (χ4n) is 4.50. The summed E-state index contributed by atoms with van der Waals surface area (Å²) in [5.41, 5.74) is 0.168. The van der Waals surface area contributed by atoms with Crippen molar-refractivity contribution >= 4 is 17.8 Å². The van der Waals surface area contributed by atoms with E-state index in [0.717, 1.165) is 25.0 Å². The Balaban J connectivity index is 1.55. The van der Waals surface area contributed by atoms with Crippen LogP contribution in [0.25, 0.3) is 0 Å². The molecule has 4 rings (SSSR count). The Morgan fingerprint density at radius 2 is 1.84 bits per heavy atom. The quantitative estimate of drug-likeness (QED) is 0.443. The Labute approximate surface area is 215 Å². The first-order valence-corrected chi connectivity index (χ1v) is 12.0. The Morgan fingerprint density at radius 1 is 1.11 bits per heavy atom. The highest BCUT2D eigenvalue weighted by atomic mass is 19.3. The molecule has 2 N–H and O–H groups in total. The summed E-state index contributed by atoms with van der Waals surface area (Å²) in [6.45, 7) is -1.37. The van der Waals surface area contributed by atoms with Crippen molar-refractivity contribution in [1.82, 2.24) is 10.2 Å². The van der Waals surface area contributed by atoms with E-state index >= 15 is 0 Å². The zero-order chi connectivity index (χ0) is 27.6. The van der Waals surface area contributed by atoms with Crippen LogP contribution in [0, 0.1) is 17.6 Å². The predicted molar refractivity (Wildman–Crippen MR) is 125 cm³/mol. The minimum absolute atomic E-state index is 0.0841. The van der Waals surface area contributed by atoms with Gasteiger partial charge in [0.15, 0.2) is 17.5 Å². The van der Waals surface area contributed by atoms with Gasteiger partial charge in [0, 0.05) is 31.0 Å². The van der Waals surface area contributed by atoms with Gasteiger partial charge in [-0.15, -0.1) is 0 Å². The number of carboxylic acids is 1. The minimum Gasteiger partial charge on any atom is -0.489 e. The fraction of sp³-hybridized carbons (Fsp3) is 0.423. The molecule has 1 saturated carbocycles. The van der Waals surface area contributed by atoms with Crippen molar-refractivity contribution in [2.75, 3.05) is 13.2 Å². The highest BCUT2D eigenvalue weighted by Gasteiger charge is 2.41. The first kappa shape index (κ1) is 27.2.